The first-order chi connectivity index (χ1) is 9.42. The zero-order chi connectivity index (χ0) is 14.8. The molecule has 0 aliphatic heterocycles. The molecule has 0 saturated carbocycles. The summed E-state index contributed by atoms with van der Waals surface area (Å²) in [6, 6.07) is 10.3. The number of nitrogens with zero attached hydrogens (tertiary/aromatic N) is 1. The number of nitrogens with one attached hydrogen (secondary N) is 1. The third kappa shape index (κ3) is 3.17. The highest BCUT2D eigenvalue weighted by Crippen LogP contribution is 2.22. The molecule has 0 amide bonds. The summed E-state index contributed by atoms with van der Waals surface area (Å²) in [6.07, 6.45) is 1.45. The minimum atomic E-state index is -3.70. The molecule has 2 rings (SSSR count). The normalized spacial score (nSPS) is 13.2. The maximum absolute atomic E-state index is 12.3. The van der Waals surface area contributed by atoms with Crippen LogP contribution in [0.3, 0.4) is 0 Å². The van der Waals surface area contributed by atoms with Gasteiger partial charge in [0.1, 0.15) is 10.0 Å². The largest absolute Gasteiger partial charge is 0.244 e. The fourth-order valence-corrected chi connectivity index (χ4v) is 3.68. The van der Waals surface area contributed by atoms with Crippen molar-refractivity contribution in [1.82, 2.24) is 9.71 Å². The van der Waals surface area contributed by atoms with Crippen LogP contribution in [0.25, 0.3) is 0 Å². The van der Waals surface area contributed by atoms with Crippen molar-refractivity contribution in [3.05, 3.63) is 58.9 Å². The Kier molecular flexibility index (Phi) is 4.42. The highest BCUT2D eigenvalue weighted by molar-refractivity contribution is 7.89. The van der Waals surface area contributed by atoms with E-state index in [0.717, 1.165) is 11.1 Å². The predicted octanol–water partition coefficient (Wildman–Crippen LogP) is 3.08. The molecule has 1 aromatic carbocycles. The standard InChI is InChI=1S/C14H15ClN2O2S/c1-10-6-3-4-7-12(10)11(2)17-20(18,19)13-8-5-9-16-14(13)15/h3-9,11,17H,1-2H3. The molecule has 0 fully saturated rings. The lowest BCUT2D eigenvalue weighted by atomic mass is 10.0. The van der Waals surface area contributed by atoms with E-state index in [9.17, 15) is 8.42 Å². The Morgan fingerprint density at radius 2 is 1.90 bits per heavy atom. The van der Waals surface area contributed by atoms with Gasteiger partial charge in [-0.2, -0.15) is 0 Å². The van der Waals surface area contributed by atoms with E-state index in [0.29, 0.717) is 0 Å². The van der Waals surface area contributed by atoms with E-state index in [4.69, 9.17) is 11.6 Å². The molecule has 0 saturated heterocycles. The number of rotatable bonds is 4. The highest BCUT2D eigenvalue weighted by Gasteiger charge is 2.22. The van der Waals surface area contributed by atoms with Crippen molar-refractivity contribution in [3.8, 4) is 0 Å². The van der Waals surface area contributed by atoms with Gasteiger partial charge in [0.2, 0.25) is 10.0 Å². The number of aryl methyl sites for hydroxylation is 1. The topological polar surface area (TPSA) is 59.1 Å². The van der Waals surface area contributed by atoms with Gasteiger partial charge >= 0.3 is 0 Å². The average Bonchev–Trinajstić information content (AvgIpc) is 2.38. The summed E-state index contributed by atoms with van der Waals surface area (Å²) < 4.78 is 27.2. The van der Waals surface area contributed by atoms with Crippen LogP contribution in [0.15, 0.2) is 47.5 Å². The first-order valence-electron chi connectivity index (χ1n) is 6.10. The van der Waals surface area contributed by atoms with Crippen LogP contribution in [0.1, 0.15) is 24.1 Å². The fourth-order valence-electron chi connectivity index (χ4n) is 2.00. The molecule has 1 aromatic heterocycles. The zero-order valence-electron chi connectivity index (χ0n) is 11.2. The van der Waals surface area contributed by atoms with Gasteiger partial charge in [-0.25, -0.2) is 18.1 Å². The third-order valence-electron chi connectivity index (χ3n) is 3.00. The Labute approximate surface area is 123 Å². The van der Waals surface area contributed by atoms with Crippen LogP contribution in [0.4, 0.5) is 0 Å². The summed E-state index contributed by atoms with van der Waals surface area (Å²) >= 11 is 5.84. The molecule has 6 heteroatoms. The van der Waals surface area contributed by atoms with E-state index < -0.39 is 10.0 Å². The summed E-state index contributed by atoms with van der Waals surface area (Å²) in [5, 5.41) is -0.0306. The van der Waals surface area contributed by atoms with E-state index in [1.807, 2.05) is 31.2 Å². The maximum atomic E-state index is 12.3. The first-order valence-corrected chi connectivity index (χ1v) is 7.96. The summed E-state index contributed by atoms with van der Waals surface area (Å²) in [5.41, 5.74) is 1.95. The quantitative estimate of drug-likeness (QED) is 0.883. The lowest BCUT2D eigenvalue weighted by molar-refractivity contribution is 0.566. The fraction of sp³-hybridized carbons (Fsp3) is 0.214. The second-order valence-corrected chi connectivity index (χ2v) is 6.53. The highest BCUT2D eigenvalue weighted by atomic mass is 35.5. The van der Waals surface area contributed by atoms with Crippen molar-refractivity contribution >= 4 is 21.6 Å². The molecular weight excluding hydrogens is 296 g/mol. The number of halogens is 1. The minimum absolute atomic E-state index is 0.0119. The van der Waals surface area contributed by atoms with Crippen molar-refractivity contribution in [1.29, 1.82) is 0 Å². The van der Waals surface area contributed by atoms with E-state index >= 15 is 0 Å². The average molecular weight is 311 g/mol. The number of pyridine rings is 1. The van der Waals surface area contributed by atoms with E-state index in [-0.39, 0.29) is 16.1 Å². The maximum Gasteiger partial charge on any atom is 0.244 e. The molecule has 106 valence electrons. The van der Waals surface area contributed by atoms with Gasteiger partial charge in [0, 0.05) is 12.2 Å². The van der Waals surface area contributed by atoms with Crippen LogP contribution in [0.5, 0.6) is 0 Å². The molecule has 1 N–H and O–H groups in total. The molecule has 1 unspecified atom stereocenters. The summed E-state index contributed by atoms with van der Waals surface area (Å²) in [6.45, 7) is 3.74. The first kappa shape index (κ1) is 15.0. The SMILES string of the molecule is Cc1ccccc1C(C)NS(=O)(=O)c1cccnc1Cl. The third-order valence-corrected chi connectivity index (χ3v) is 4.99. The van der Waals surface area contributed by atoms with Gasteiger partial charge in [-0.05, 0) is 37.1 Å². The smallest absolute Gasteiger partial charge is 0.243 e. The lowest BCUT2D eigenvalue weighted by Crippen LogP contribution is -2.27. The number of hydrogen-bond acceptors (Lipinski definition) is 3. The number of benzene rings is 1. The summed E-state index contributed by atoms with van der Waals surface area (Å²) in [5.74, 6) is 0. The van der Waals surface area contributed by atoms with Crippen molar-refractivity contribution in [2.45, 2.75) is 24.8 Å². The van der Waals surface area contributed by atoms with Gasteiger partial charge in [0.15, 0.2) is 0 Å². The van der Waals surface area contributed by atoms with Crippen LogP contribution >= 0.6 is 11.6 Å². The van der Waals surface area contributed by atoms with Crippen LogP contribution in [0, 0.1) is 6.92 Å². The summed E-state index contributed by atoms with van der Waals surface area (Å²) in [7, 11) is -3.70. The second-order valence-electron chi connectivity index (χ2n) is 4.49. The minimum Gasteiger partial charge on any atom is -0.243 e. The molecule has 0 bridgehead atoms. The molecule has 2 aromatic rings. The van der Waals surface area contributed by atoms with E-state index in [1.165, 1.54) is 12.3 Å². The Hall–Kier alpha value is -1.43. The van der Waals surface area contributed by atoms with E-state index in [1.54, 1.807) is 13.0 Å². The van der Waals surface area contributed by atoms with Crippen LogP contribution in [-0.4, -0.2) is 13.4 Å². The molecule has 1 heterocycles. The number of aromatic nitrogens is 1. The number of sulfonamides is 1. The Morgan fingerprint density at radius 3 is 2.55 bits per heavy atom. The lowest BCUT2D eigenvalue weighted by Gasteiger charge is -2.17. The second kappa shape index (κ2) is 5.91. The molecule has 4 nitrogen and oxygen atoms in total. The molecular formula is C14H15ClN2O2S. The van der Waals surface area contributed by atoms with Crippen molar-refractivity contribution in [2.24, 2.45) is 0 Å². The van der Waals surface area contributed by atoms with Gasteiger partial charge in [0.25, 0.3) is 0 Å². The molecule has 1 atom stereocenters. The monoisotopic (exact) mass is 310 g/mol. The molecule has 0 radical (unpaired) electrons. The Bertz CT molecular complexity index is 717. The molecule has 20 heavy (non-hydrogen) atoms. The van der Waals surface area contributed by atoms with Crippen LogP contribution in [-0.2, 0) is 10.0 Å². The zero-order valence-corrected chi connectivity index (χ0v) is 12.7. The van der Waals surface area contributed by atoms with Gasteiger partial charge in [0.05, 0.1) is 0 Å². The summed E-state index contributed by atoms with van der Waals surface area (Å²) in [4.78, 5) is 3.78. The van der Waals surface area contributed by atoms with Gasteiger partial charge in [-0.15, -0.1) is 0 Å². The Morgan fingerprint density at radius 1 is 1.20 bits per heavy atom. The van der Waals surface area contributed by atoms with Crippen LogP contribution in [0.2, 0.25) is 5.15 Å². The molecule has 0 aliphatic rings. The van der Waals surface area contributed by atoms with Crippen molar-refractivity contribution in [2.75, 3.05) is 0 Å². The Balaban J connectivity index is 2.30. The van der Waals surface area contributed by atoms with E-state index in [2.05, 4.69) is 9.71 Å². The van der Waals surface area contributed by atoms with Gasteiger partial charge < -0.3 is 0 Å². The van der Waals surface area contributed by atoms with Crippen molar-refractivity contribution < 1.29 is 8.42 Å². The van der Waals surface area contributed by atoms with Gasteiger partial charge in [-0.3, -0.25) is 0 Å². The molecule has 0 aliphatic carbocycles. The predicted molar refractivity (Wildman–Crippen MR) is 79.2 cm³/mol. The van der Waals surface area contributed by atoms with Crippen LogP contribution < -0.4 is 4.72 Å². The van der Waals surface area contributed by atoms with Gasteiger partial charge in [-0.1, -0.05) is 35.9 Å². The molecule has 0 spiro atoms. The van der Waals surface area contributed by atoms with Crippen molar-refractivity contribution in [3.63, 3.8) is 0 Å². The number of hydrogen-bond donors (Lipinski definition) is 1.